The van der Waals surface area contributed by atoms with E-state index >= 15 is 0 Å². The van der Waals surface area contributed by atoms with Gasteiger partial charge in [0.25, 0.3) is 0 Å². The highest BCUT2D eigenvalue weighted by molar-refractivity contribution is 7.91. The Labute approximate surface area is 178 Å². The molecule has 0 aliphatic heterocycles. The predicted octanol–water partition coefficient (Wildman–Crippen LogP) is 4.18. The van der Waals surface area contributed by atoms with Crippen molar-refractivity contribution in [2.24, 2.45) is 0 Å². The van der Waals surface area contributed by atoms with Crippen LogP contribution >= 0.6 is 0 Å². The number of benzene rings is 2. The quantitative estimate of drug-likeness (QED) is 0.609. The third-order valence-electron chi connectivity index (χ3n) is 4.86. The number of aromatic nitrogens is 1. The van der Waals surface area contributed by atoms with Crippen LogP contribution < -0.4 is 0 Å². The van der Waals surface area contributed by atoms with Crippen LogP contribution in [-0.4, -0.2) is 30.9 Å². The van der Waals surface area contributed by atoms with Gasteiger partial charge in [-0.25, -0.2) is 13.4 Å². The SMILES string of the molecule is CCCc1ccc(-c2ccc(S(=O)(=O)CCO)cc2)cc1C#Cc1ncccc1C. The molecular formula is C25H25NO3S. The van der Waals surface area contributed by atoms with Gasteiger partial charge in [-0.15, -0.1) is 0 Å². The van der Waals surface area contributed by atoms with E-state index in [4.69, 9.17) is 5.11 Å². The van der Waals surface area contributed by atoms with Gasteiger partial charge in [0.05, 0.1) is 17.3 Å². The molecule has 0 spiro atoms. The van der Waals surface area contributed by atoms with Crippen LogP contribution in [0.25, 0.3) is 11.1 Å². The minimum Gasteiger partial charge on any atom is -0.395 e. The lowest BCUT2D eigenvalue weighted by Crippen LogP contribution is -2.09. The third-order valence-corrected chi connectivity index (χ3v) is 6.57. The van der Waals surface area contributed by atoms with Gasteiger partial charge in [0.2, 0.25) is 0 Å². The Hall–Kier alpha value is -2.94. The summed E-state index contributed by atoms with van der Waals surface area (Å²) in [6, 6.07) is 16.8. The second kappa shape index (κ2) is 9.71. The zero-order chi connectivity index (χ0) is 21.6. The van der Waals surface area contributed by atoms with Crippen molar-refractivity contribution in [3.05, 3.63) is 83.2 Å². The van der Waals surface area contributed by atoms with Gasteiger partial charge in [-0.1, -0.05) is 49.6 Å². The summed E-state index contributed by atoms with van der Waals surface area (Å²) in [5, 5.41) is 8.95. The van der Waals surface area contributed by atoms with E-state index in [1.54, 1.807) is 30.5 Å². The number of hydrogen-bond donors (Lipinski definition) is 1. The molecular weight excluding hydrogens is 394 g/mol. The summed E-state index contributed by atoms with van der Waals surface area (Å²) in [7, 11) is -3.45. The molecule has 0 unspecified atom stereocenters. The molecule has 0 saturated carbocycles. The molecule has 0 bridgehead atoms. The molecule has 0 saturated heterocycles. The summed E-state index contributed by atoms with van der Waals surface area (Å²) < 4.78 is 24.2. The zero-order valence-corrected chi connectivity index (χ0v) is 18.0. The second-order valence-corrected chi connectivity index (χ2v) is 9.22. The smallest absolute Gasteiger partial charge is 0.180 e. The zero-order valence-electron chi connectivity index (χ0n) is 17.2. The number of hydrogen-bond acceptors (Lipinski definition) is 4. The maximum atomic E-state index is 12.1. The molecule has 0 atom stereocenters. The summed E-state index contributed by atoms with van der Waals surface area (Å²) >= 11 is 0. The van der Waals surface area contributed by atoms with E-state index in [0.717, 1.165) is 40.8 Å². The summed E-state index contributed by atoms with van der Waals surface area (Å²) in [4.78, 5) is 4.57. The number of sulfone groups is 1. The van der Waals surface area contributed by atoms with Crippen molar-refractivity contribution in [1.29, 1.82) is 0 Å². The molecule has 2 aromatic carbocycles. The monoisotopic (exact) mass is 419 g/mol. The lowest BCUT2D eigenvalue weighted by Gasteiger charge is -2.09. The highest BCUT2D eigenvalue weighted by Gasteiger charge is 2.13. The molecule has 1 aromatic heterocycles. The van der Waals surface area contributed by atoms with Gasteiger partial charge in [0.15, 0.2) is 9.84 Å². The maximum absolute atomic E-state index is 12.1. The van der Waals surface area contributed by atoms with Crippen LogP contribution in [0, 0.1) is 18.8 Å². The molecule has 0 aliphatic rings. The summed E-state index contributed by atoms with van der Waals surface area (Å²) in [6.07, 6.45) is 3.70. The molecule has 0 aliphatic carbocycles. The Morgan fingerprint density at radius 3 is 2.40 bits per heavy atom. The fourth-order valence-electron chi connectivity index (χ4n) is 3.20. The topological polar surface area (TPSA) is 67.3 Å². The van der Waals surface area contributed by atoms with Crippen molar-refractivity contribution in [2.75, 3.05) is 12.4 Å². The van der Waals surface area contributed by atoms with E-state index < -0.39 is 9.84 Å². The van der Waals surface area contributed by atoms with Crippen molar-refractivity contribution in [3.63, 3.8) is 0 Å². The maximum Gasteiger partial charge on any atom is 0.180 e. The molecule has 1 heterocycles. The highest BCUT2D eigenvalue weighted by Crippen LogP contribution is 2.25. The Morgan fingerprint density at radius 2 is 1.73 bits per heavy atom. The number of aliphatic hydroxyl groups is 1. The van der Waals surface area contributed by atoms with E-state index in [0.29, 0.717) is 0 Å². The van der Waals surface area contributed by atoms with E-state index in [-0.39, 0.29) is 17.3 Å². The standard InChI is InChI=1S/C25H25NO3S/c1-3-5-20-7-8-22(18-23(20)11-14-25-19(2)6-4-15-26-25)21-9-12-24(13-10-21)30(28,29)17-16-27/h4,6-10,12-13,15,18,27H,3,5,16-17H2,1-2H3. The van der Waals surface area contributed by atoms with Gasteiger partial charge in [0, 0.05) is 11.8 Å². The van der Waals surface area contributed by atoms with E-state index in [1.807, 2.05) is 31.2 Å². The van der Waals surface area contributed by atoms with Crippen molar-refractivity contribution in [3.8, 4) is 23.0 Å². The molecule has 154 valence electrons. The number of aliphatic hydroxyl groups excluding tert-OH is 1. The van der Waals surface area contributed by atoms with E-state index in [2.05, 4.69) is 29.8 Å². The average Bonchev–Trinajstić information content (AvgIpc) is 2.74. The molecule has 1 N–H and O–H groups in total. The van der Waals surface area contributed by atoms with Crippen LogP contribution in [0.5, 0.6) is 0 Å². The lowest BCUT2D eigenvalue weighted by molar-refractivity contribution is 0.319. The van der Waals surface area contributed by atoms with Crippen LogP contribution in [0.1, 0.15) is 35.7 Å². The largest absolute Gasteiger partial charge is 0.395 e. The van der Waals surface area contributed by atoms with Gasteiger partial charge in [-0.2, -0.15) is 0 Å². The molecule has 4 nitrogen and oxygen atoms in total. The molecule has 0 fully saturated rings. The Bertz CT molecular complexity index is 1190. The molecule has 3 rings (SSSR count). The van der Waals surface area contributed by atoms with Crippen LogP contribution in [0.4, 0.5) is 0 Å². The van der Waals surface area contributed by atoms with Crippen LogP contribution in [0.2, 0.25) is 0 Å². The van der Waals surface area contributed by atoms with Crippen molar-refractivity contribution >= 4 is 9.84 Å². The fraction of sp³-hybridized carbons (Fsp3) is 0.240. The van der Waals surface area contributed by atoms with Gasteiger partial charge in [-0.05, 0) is 65.8 Å². The minimum atomic E-state index is -3.45. The first kappa shape index (κ1) is 21.8. The molecule has 30 heavy (non-hydrogen) atoms. The molecule has 3 aromatic rings. The average molecular weight is 420 g/mol. The summed E-state index contributed by atoms with van der Waals surface area (Å²) in [5.74, 6) is 6.19. The second-order valence-electron chi connectivity index (χ2n) is 7.11. The molecule has 0 amide bonds. The van der Waals surface area contributed by atoms with Gasteiger partial charge in [0.1, 0.15) is 5.69 Å². The van der Waals surface area contributed by atoms with Gasteiger partial charge < -0.3 is 5.11 Å². The Balaban J connectivity index is 1.98. The first-order valence-electron chi connectivity index (χ1n) is 9.95. The van der Waals surface area contributed by atoms with Crippen LogP contribution in [-0.2, 0) is 16.3 Å². The number of pyridine rings is 1. The van der Waals surface area contributed by atoms with Gasteiger partial charge in [-0.3, -0.25) is 0 Å². The first-order chi connectivity index (χ1) is 14.4. The van der Waals surface area contributed by atoms with Crippen molar-refractivity contribution in [1.82, 2.24) is 4.98 Å². The molecule has 5 heteroatoms. The predicted molar refractivity (Wildman–Crippen MR) is 120 cm³/mol. The normalized spacial score (nSPS) is 11.0. The highest BCUT2D eigenvalue weighted by atomic mass is 32.2. The van der Waals surface area contributed by atoms with E-state index in [9.17, 15) is 8.42 Å². The van der Waals surface area contributed by atoms with E-state index in [1.165, 1.54) is 5.56 Å². The third kappa shape index (κ3) is 5.15. The van der Waals surface area contributed by atoms with Crippen LogP contribution in [0.3, 0.4) is 0 Å². The van der Waals surface area contributed by atoms with Crippen LogP contribution in [0.15, 0.2) is 65.7 Å². The summed E-state index contributed by atoms with van der Waals surface area (Å²) in [6.45, 7) is 3.74. The first-order valence-corrected chi connectivity index (χ1v) is 11.6. The lowest BCUT2D eigenvalue weighted by atomic mass is 9.97. The Morgan fingerprint density at radius 1 is 1.00 bits per heavy atom. The molecule has 0 radical (unpaired) electrons. The summed E-state index contributed by atoms with van der Waals surface area (Å²) in [5.41, 5.74) is 5.84. The minimum absolute atomic E-state index is 0.216. The number of aryl methyl sites for hydroxylation is 2. The van der Waals surface area contributed by atoms with Crippen molar-refractivity contribution < 1.29 is 13.5 Å². The number of nitrogens with zero attached hydrogens (tertiary/aromatic N) is 1. The van der Waals surface area contributed by atoms with Gasteiger partial charge >= 0.3 is 0 Å². The fourth-order valence-corrected chi connectivity index (χ4v) is 4.22. The Kier molecular flexibility index (Phi) is 7.04. The number of rotatable bonds is 6. The van der Waals surface area contributed by atoms with Crippen molar-refractivity contribution in [2.45, 2.75) is 31.6 Å².